The molecule has 2 aromatic rings. The molecule has 20 heavy (non-hydrogen) atoms. The van der Waals surface area contributed by atoms with Gasteiger partial charge in [-0.3, -0.25) is 0 Å². The molecule has 0 aliphatic heterocycles. The maximum Gasteiger partial charge on any atom is 0.125 e. The number of aliphatic hydroxyl groups excluding tert-OH is 1. The van der Waals surface area contributed by atoms with Gasteiger partial charge in [0.05, 0.1) is 17.2 Å². The summed E-state index contributed by atoms with van der Waals surface area (Å²) in [6, 6.07) is 8.87. The molecule has 1 unspecified atom stereocenters. The first kappa shape index (κ1) is 15.6. The second-order valence-corrected chi connectivity index (χ2v) is 6.03. The van der Waals surface area contributed by atoms with E-state index < -0.39 is 6.10 Å². The van der Waals surface area contributed by atoms with E-state index in [2.05, 4.69) is 15.9 Å². The highest BCUT2D eigenvalue weighted by molar-refractivity contribution is 9.10. The van der Waals surface area contributed by atoms with Crippen LogP contribution in [0.4, 0.5) is 0 Å². The molecule has 0 saturated heterocycles. The third-order valence-corrected chi connectivity index (χ3v) is 4.77. The number of halogens is 3. The number of hydrogen-bond acceptors (Lipinski definition) is 2. The van der Waals surface area contributed by atoms with Gasteiger partial charge in [0.15, 0.2) is 0 Å². The molecule has 1 atom stereocenters. The van der Waals surface area contributed by atoms with Gasteiger partial charge in [-0.2, -0.15) is 0 Å². The highest BCUT2D eigenvalue weighted by Crippen LogP contribution is 2.38. The van der Waals surface area contributed by atoms with Gasteiger partial charge in [-0.15, -0.1) is 0 Å². The summed E-state index contributed by atoms with van der Waals surface area (Å²) >= 11 is 15.6. The molecule has 0 heterocycles. The highest BCUT2D eigenvalue weighted by atomic mass is 79.9. The molecule has 2 aromatic carbocycles. The van der Waals surface area contributed by atoms with Gasteiger partial charge in [0, 0.05) is 15.6 Å². The Morgan fingerprint density at radius 2 is 1.90 bits per heavy atom. The first-order chi connectivity index (χ1) is 9.45. The van der Waals surface area contributed by atoms with Crippen LogP contribution in [0.15, 0.2) is 34.8 Å². The minimum Gasteiger partial charge on any atom is -0.496 e. The van der Waals surface area contributed by atoms with Crippen LogP contribution in [0.25, 0.3) is 0 Å². The first-order valence-electron chi connectivity index (χ1n) is 5.91. The molecule has 5 heteroatoms. The highest BCUT2D eigenvalue weighted by Gasteiger charge is 2.20. The molecule has 0 amide bonds. The quantitative estimate of drug-likeness (QED) is 0.803. The number of methoxy groups -OCH3 is 1. The molecule has 106 valence electrons. The molecule has 0 saturated carbocycles. The van der Waals surface area contributed by atoms with Gasteiger partial charge < -0.3 is 9.84 Å². The Labute approximate surface area is 136 Å². The number of hydrogen-bond donors (Lipinski definition) is 1. The standard InChI is InChI=1S/C15H13BrCl2O2/c1-8-6-13(20-2)10(7-11(8)16)15(19)9-4-3-5-12(17)14(9)18/h3-7,15,19H,1-2H3. The zero-order valence-electron chi connectivity index (χ0n) is 11.0. The number of aryl methyl sites for hydroxylation is 1. The van der Waals surface area contributed by atoms with Crippen molar-refractivity contribution in [2.75, 3.05) is 7.11 Å². The van der Waals surface area contributed by atoms with Crippen molar-refractivity contribution >= 4 is 39.1 Å². The summed E-state index contributed by atoms with van der Waals surface area (Å²) in [6.07, 6.45) is -0.909. The fraction of sp³-hybridized carbons (Fsp3) is 0.200. The molecule has 2 rings (SSSR count). The largest absolute Gasteiger partial charge is 0.496 e. The average Bonchev–Trinajstić information content (AvgIpc) is 2.43. The molecule has 0 bridgehead atoms. The summed E-state index contributed by atoms with van der Waals surface area (Å²) in [5.74, 6) is 0.606. The Morgan fingerprint density at radius 3 is 2.55 bits per heavy atom. The Balaban J connectivity index is 2.55. The molecule has 2 nitrogen and oxygen atoms in total. The molecular weight excluding hydrogens is 363 g/mol. The summed E-state index contributed by atoms with van der Waals surface area (Å²) in [5.41, 5.74) is 2.21. The predicted molar refractivity (Wildman–Crippen MR) is 86.0 cm³/mol. The Bertz CT molecular complexity index is 644. The summed E-state index contributed by atoms with van der Waals surface area (Å²) in [6.45, 7) is 1.95. The molecule has 1 N–H and O–H groups in total. The lowest BCUT2D eigenvalue weighted by atomic mass is 9.99. The van der Waals surface area contributed by atoms with E-state index in [1.807, 2.05) is 19.1 Å². The summed E-state index contributed by atoms with van der Waals surface area (Å²) in [7, 11) is 1.57. The van der Waals surface area contributed by atoms with Crippen LogP contribution in [0.2, 0.25) is 10.0 Å². The number of ether oxygens (including phenoxy) is 1. The lowest BCUT2D eigenvalue weighted by Gasteiger charge is -2.18. The SMILES string of the molecule is COc1cc(C)c(Br)cc1C(O)c1cccc(Cl)c1Cl. The topological polar surface area (TPSA) is 29.5 Å². The number of aliphatic hydroxyl groups is 1. The van der Waals surface area contributed by atoms with Gasteiger partial charge in [-0.25, -0.2) is 0 Å². The van der Waals surface area contributed by atoms with Crippen LogP contribution in [0.3, 0.4) is 0 Å². The second-order valence-electron chi connectivity index (χ2n) is 4.39. The van der Waals surface area contributed by atoms with Gasteiger partial charge >= 0.3 is 0 Å². The smallest absolute Gasteiger partial charge is 0.125 e. The maximum absolute atomic E-state index is 10.6. The second kappa shape index (κ2) is 6.35. The average molecular weight is 376 g/mol. The van der Waals surface area contributed by atoms with E-state index in [0.29, 0.717) is 26.9 Å². The lowest BCUT2D eigenvalue weighted by Crippen LogP contribution is -2.04. The van der Waals surface area contributed by atoms with Crippen molar-refractivity contribution in [1.29, 1.82) is 0 Å². The van der Waals surface area contributed by atoms with Crippen LogP contribution in [-0.4, -0.2) is 12.2 Å². The van der Waals surface area contributed by atoms with E-state index in [1.165, 1.54) is 0 Å². The maximum atomic E-state index is 10.6. The van der Waals surface area contributed by atoms with Crippen molar-refractivity contribution in [3.05, 3.63) is 61.5 Å². The van der Waals surface area contributed by atoms with Crippen molar-refractivity contribution in [2.45, 2.75) is 13.0 Å². The van der Waals surface area contributed by atoms with Crippen molar-refractivity contribution in [3.8, 4) is 5.75 Å². The summed E-state index contributed by atoms with van der Waals surface area (Å²) in [5, 5.41) is 11.3. The molecular formula is C15H13BrCl2O2. The third-order valence-electron chi connectivity index (χ3n) is 3.08. The molecule has 0 fully saturated rings. The van der Waals surface area contributed by atoms with Crippen molar-refractivity contribution in [2.24, 2.45) is 0 Å². The summed E-state index contributed by atoms with van der Waals surface area (Å²) in [4.78, 5) is 0. The van der Waals surface area contributed by atoms with Gasteiger partial charge in [-0.05, 0) is 30.7 Å². The van der Waals surface area contributed by atoms with Crippen molar-refractivity contribution < 1.29 is 9.84 Å². The van der Waals surface area contributed by atoms with E-state index in [9.17, 15) is 5.11 Å². The summed E-state index contributed by atoms with van der Waals surface area (Å²) < 4.78 is 6.23. The van der Waals surface area contributed by atoms with E-state index in [4.69, 9.17) is 27.9 Å². The van der Waals surface area contributed by atoms with E-state index in [-0.39, 0.29) is 0 Å². The van der Waals surface area contributed by atoms with Gasteiger partial charge in [0.25, 0.3) is 0 Å². The fourth-order valence-corrected chi connectivity index (χ4v) is 2.73. The van der Waals surface area contributed by atoms with Crippen LogP contribution in [-0.2, 0) is 0 Å². The first-order valence-corrected chi connectivity index (χ1v) is 7.46. The van der Waals surface area contributed by atoms with Crippen molar-refractivity contribution in [3.63, 3.8) is 0 Å². The van der Waals surface area contributed by atoms with E-state index >= 15 is 0 Å². The predicted octanol–water partition coefficient (Wildman–Crippen LogP) is 5.15. The lowest BCUT2D eigenvalue weighted by molar-refractivity contribution is 0.214. The third kappa shape index (κ3) is 2.96. The monoisotopic (exact) mass is 374 g/mol. The minimum atomic E-state index is -0.909. The normalized spacial score (nSPS) is 12.3. The zero-order valence-corrected chi connectivity index (χ0v) is 14.1. The van der Waals surface area contributed by atoms with Crippen LogP contribution in [0.1, 0.15) is 22.8 Å². The van der Waals surface area contributed by atoms with E-state index in [1.54, 1.807) is 25.3 Å². The molecule has 0 radical (unpaired) electrons. The van der Waals surface area contributed by atoms with Crippen molar-refractivity contribution in [1.82, 2.24) is 0 Å². The molecule has 0 aliphatic rings. The van der Waals surface area contributed by atoms with Crippen LogP contribution < -0.4 is 4.74 Å². The van der Waals surface area contributed by atoms with Crippen LogP contribution >= 0.6 is 39.1 Å². The van der Waals surface area contributed by atoms with Gasteiger partial charge in [0.1, 0.15) is 11.9 Å². The molecule has 0 aliphatic carbocycles. The number of rotatable bonds is 3. The van der Waals surface area contributed by atoms with Crippen LogP contribution in [0, 0.1) is 6.92 Å². The van der Waals surface area contributed by atoms with Gasteiger partial charge in [-0.1, -0.05) is 51.3 Å². The van der Waals surface area contributed by atoms with E-state index in [0.717, 1.165) is 10.0 Å². The van der Waals surface area contributed by atoms with Gasteiger partial charge in [0.2, 0.25) is 0 Å². The Morgan fingerprint density at radius 1 is 1.20 bits per heavy atom. The zero-order chi connectivity index (χ0) is 14.9. The molecule has 0 spiro atoms. The van der Waals surface area contributed by atoms with Crippen LogP contribution in [0.5, 0.6) is 5.75 Å². The number of benzene rings is 2. The Kier molecular flexibility index (Phi) is 4.97. The Hall–Kier alpha value is -0.740. The minimum absolute atomic E-state index is 0.348. The molecule has 0 aromatic heterocycles. The fourth-order valence-electron chi connectivity index (χ4n) is 1.96.